The van der Waals surface area contributed by atoms with Gasteiger partial charge in [0.05, 0.1) is 6.33 Å². The molecule has 2 rings (SSSR count). The van der Waals surface area contributed by atoms with Crippen molar-refractivity contribution in [1.29, 1.82) is 0 Å². The number of amidine groups is 1. The fourth-order valence-corrected chi connectivity index (χ4v) is 1.82. The van der Waals surface area contributed by atoms with E-state index >= 15 is 0 Å². The quantitative estimate of drug-likeness (QED) is 0.726. The maximum Gasteiger partial charge on any atom is 0.155 e. The van der Waals surface area contributed by atoms with Crippen LogP contribution in [0, 0.1) is 0 Å². The first-order valence-electron chi connectivity index (χ1n) is 5.40. The highest BCUT2D eigenvalue weighted by Gasteiger charge is 2.14. The van der Waals surface area contributed by atoms with Crippen molar-refractivity contribution in [2.45, 2.75) is 19.3 Å². The van der Waals surface area contributed by atoms with Crippen LogP contribution < -0.4 is 5.32 Å². The third kappa shape index (κ3) is 2.14. The molecule has 86 valence electrons. The van der Waals surface area contributed by atoms with Crippen LogP contribution in [0.3, 0.4) is 0 Å². The summed E-state index contributed by atoms with van der Waals surface area (Å²) < 4.78 is 2.01. The van der Waals surface area contributed by atoms with Crippen molar-refractivity contribution in [2.75, 3.05) is 6.73 Å². The summed E-state index contributed by atoms with van der Waals surface area (Å²) in [6.45, 7) is -0.230. The van der Waals surface area contributed by atoms with Crippen LogP contribution in [0.4, 0.5) is 0 Å². The van der Waals surface area contributed by atoms with Gasteiger partial charge in [-0.25, -0.2) is 9.98 Å². The van der Waals surface area contributed by atoms with Crippen LogP contribution in [-0.2, 0) is 13.5 Å². The van der Waals surface area contributed by atoms with Gasteiger partial charge in [-0.2, -0.15) is 0 Å². The molecular formula is C11H16N4O. The summed E-state index contributed by atoms with van der Waals surface area (Å²) in [7, 11) is 1.98. The fraction of sp³-hybridized carbons (Fsp3) is 0.455. The van der Waals surface area contributed by atoms with Gasteiger partial charge in [0.2, 0.25) is 0 Å². The molecule has 0 unspecified atom stereocenters. The van der Waals surface area contributed by atoms with Crippen molar-refractivity contribution in [3.63, 3.8) is 0 Å². The van der Waals surface area contributed by atoms with Gasteiger partial charge in [-0.1, -0.05) is 6.08 Å². The Labute approximate surface area is 94.5 Å². The Balaban J connectivity index is 2.41. The van der Waals surface area contributed by atoms with Crippen molar-refractivity contribution in [2.24, 2.45) is 12.0 Å². The summed E-state index contributed by atoms with van der Waals surface area (Å²) in [6.07, 6.45) is 8.81. The average Bonchev–Trinajstić information content (AvgIpc) is 2.66. The van der Waals surface area contributed by atoms with Gasteiger partial charge in [-0.15, -0.1) is 0 Å². The van der Waals surface area contributed by atoms with Crippen LogP contribution in [0.25, 0.3) is 0 Å². The lowest BCUT2D eigenvalue weighted by atomic mass is 10.1. The van der Waals surface area contributed by atoms with Crippen LogP contribution in [-0.4, -0.2) is 27.2 Å². The van der Waals surface area contributed by atoms with E-state index in [2.05, 4.69) is 21.4 Å². The highest BCUT2D eigenvalue weighted by molar-refractivity contribution is 5.98. The van der Waals surface area contributed by atoms with Crippen LogP contribution in [0.2, 0.25) is 0 Å². The largest absolute Gasteiger partial charge is 0.374 e. The van der Waals surface area contributed by atoms with E-state index in [-0.39, 0.29) is 6.73 Å². The summed E-state index contributed by atoms with van der Waals surface area (Å²) in [5, 5.41) is 12.0. The number of rotatable bonds is 1. The molecule has 1 aliphatic heterocycles. The van der Waals surface area contributed by atoms with Gasteiger partial charge in [0.25, 0.3) is 0 Å². The Bertz CT molecular complexity index is 420. The maximum absolute atomic E-state index is 8.90. The Hall–Kier alpha value is -1.62. The molecule has 0 saturated carbocycles. The minimum Gasteiger partial charge on any atom is -0.374 e. The maximum atomic E-state index is 8.90. The van der Waals surface area contributed by atoms with E-state index in [9.17, 15) is 0 Å². The van der Waals surface area contributed by atoms with E-state index in [0.29, 0.717) is 5.84 Å². The van der Waals surface area contributed by atoms with Gasteiger partial charge in [-0.05, 0) is 25.5 Å². The molecule has 1 aromatic rings. The Morgan fingerprint density at radius 2 is 2.50 bits per heavy atom. The molecule has 1 aromatic heterocycles. The first-order chi connectivity index (χ1) is 7.83. The van der Waals surface area contributed by atoms with Gasteiger partial charge < -0.3 is 15.0 Å². The van der Waals surface area contributed by atoms with Gasteiger partial charge in [0.15, 0.2) is 5.84 Å². The molecule has 2 heterocycles. The minimum atomic E-state index is -0.230. The number of hydrogen-bond acceptors (Lipinski definition) is 3. The van der Waals surface area contributed by atoms with Crippen molar-refractivity contribution in [1.82, 2.24) is 14.9 Å². The second kappa shape index (κ2) is 4.94. The number of nitrogens with one attached hydrogen (secondary N) is 1. The number of aliphatic hydroxyl groups is 1. The SMILES string of the molecule is Cn1cnc2c1CCC/C=C/N/C2=N\CO. The predicted octanol–water partition coefficient (Wildman–Crippen LogP) is 0.556. The highest BCUT2D eigenvalue weighted by Crippen LogP contribution is 2.12. The minimum absolute atomic E-state index is 0.230. The van der Waals surface area contributed by atoms with E-state index in [1.165, 1.54) is 0 Å². The van der Waals surface area contributed by atoms with Crippen LogP contribution in [0.5, 0.6) is 0 Å². The van der Waals surface area contributed by atoms with Crippen molar-refractivity contribution >= 4 is 5.84 Å². The van der Waals surface area contributed by atoms with Crippen LogP contribution in [0.1, 0.15) is 24.2 Å². The van der Waals surface area contributed by atoms with Crippen LogP contribution >= 0.6 is 0 Å². The fourth-order valence-electron chi connectivity index (χ4n) is 1.82. The molecule has 0 amide bonds. The van der Waals surface area contributed by atoms with Crippen LogP contribution in [0.15, 0.2) is 23.6 Å². The summed E-state index contributed by atoms with van der Waals surface area (Å²) in [4.78, 5) is 8.34. The molecule has 5 nitrogen and oxygen atoms in total. The van der Waals surface area contributed by atoms with Crippen molar-refractivity contribution in [3.8, 4) is 0 Å². The van der Waals surface area contributed by atoms with Gasteiger partial charge in [-0.3, -0.25) is 0 Å². The molecule has 16 heavy (non-hydrogen) atoms. The summed E-state index contributed by atoms with van der Waals surface area (Å²) in [5.74, 6) is 0.635. The van der Waals surface area contributed by atoms with Gasteiger partial charge in [0, 0.05) is 12.7 Å². The van der Waals surface area contributed by atoms with Gasteiger partial charge >= 0.3 is 0 Å². The lowest BCUT2D eigenvalue weighted by Gasteiger charge is -2.06. The van der Waals surface area contributed by atoms with E-state index in [1.54, 1.807) is 6.33 Å². The number of aryl methyl sites for hydroxylation is 1. The predicted molar refractivity (Wildman–Crippen MR) is 62.0 cm³/mol. The number of aromatic nitrogens is 2. The molecule has 0 saturated heterocycles. The second-order valence-corrected chi connectivity index (χ2v) is 3.74. The second-order valence-electron chi connectivity index (χ2n) is 3.74. The lowest BCUT2D eigenvalue weighted by Crippen LogP contribution is -2.21. The number of aliphatic hydroxyl groups excluding tert-OH is 1. The number of hydrogen-bond donors (Lipinski definition) is 2. The summed E-state index contributed by atoms with van der Waals surface area (Å²) in [6, 6.07) is 0. The smallest absolute Gasteiger partial charge is 0.155 e. The molecule has 0 bridgehead atoms. The Morgan fingerprint density at radius 3 is 3.31 bits per heavy atom. The monoisotopic (exact) mass is 220 g/mol. The van der Waals surface area contributed by atoms with Crippen molar-refractivity contribution < 1.29 is 5.11 Å². The molecule has 5 heteroatoms. The number of allylic oxidation sites excluding steroid dienone is 1. The molecule has 0 fully saturated rings. The zero-order chi connectivity index (χ0) is 11.4. The Kier molecular flexibility index (Phi) is 3.36. The number of imidazole rings is 1. The van der Waals surface area contributed by atoms with E-state index in [1.807, 2.05) is 17.8 Å². The highest BCUT2D eigenvalue weighted by atomic mass is 16.3. The third-order valence-corrected chi connectivity index (χ3v) is 2.63. The molecule has 0 aliphatic carbocycles. The number of aliphatic imine (C=N–C) groups is 1. The first kappa shape index (κ1) is 10.9. The van der Waals surface area contributed by atoms with E-state index in [4.69, 9.17) is 5.11 Å². The number of nitrogens with zero attached hydrogens (tertiary/aromatic N) is 3. The topological polar surface area (TPSA) is 62.4 Å². The molecule has 0 radical (unpaired) electrons. The standard InChI is InChI=1S/C11H16N4O/c1-15-7-13-10-9(15)5-3-2-4-6-12-11(10)14-8-16/h4,6-7,16H,2-3,5,8H2,1H3,(H,12,14)/b6-4+. The van der Waals surface area contributed by atoms with Crippen molar-refractivity contribution in [3.05, 3.63) is 30.0 Å². The average molecular weight is 220 g/mol. The number of fused-ring (bicyclic) bond motifs is 1. The van der Waals surface area contributed by atoms with E-state index in [0.717, 1.165) is 30.7 Å². The van der Waals surface area contributed by atoms with Gasteiger partial charge in [0.1, 0.15) is 12.4 Å². The molecule has 0 spiro atoms. The summed E-state index contributed by atoms with van der Waals surface area (Å²) in [5.41, 5.74) is 1.99. The molecule has 0 aromatic carbocycles. The molecule has 1 aliphatic rings. The third-order valence-electron chi connectivity index (χ3n) is 2.63. The normalized spacial score (nSPS) is 20.5. The zero-order valence-electron chi connectivity index (χ0n) is 9.35. The summed E-state index contributed by atoms with van der Waals surface area (Å²) >= 11 is 0. The zero-order valence-corrected chi connectivity index (χ0v) is 9.35. The molecular weight excluding hydrogens is 204 g/mol. The Morgan fingerprint density at radius 1 is 1.62 bits per heavy atom. The molecule has 2 N–H and O–H groups in total. The first-order valence-corrected chi connectivity index (χ1v) is 5.40. The lowest BCUT2D eigenvalue weighted by molar-refractivity contribution is 0.309. The van der Waals surface area contributed by atoms with E-state index < -0.39 is 0 Å². The molecule has 0 atom stereocenters.